The number of rotatable bonds is 3. The fourth-order valence-corrected chi connectivity index (χ4v) is 4.09. The summed E-state index contributed by atoms with van der Waals surface area (Å²) < 4.78 is 0. The van der Waals surface area contributed by atoms with E-state index in [1.807, 2.05) is 0 Å². The lowest BCUT2D eigenvalue weighted by Gasteiger charge is -2.45. The lowest BCUT2D eigenvalue weighted by atomic mass is 9.63. The van der Waals surface area contributed by atoms with Crippen LogP contribution in [0.1, 0.15) is 59.8 Å². The van der Waals surface area contributed by atoms with Gasteiger partial charge in [-0.05, 0) is 42.9 Å². The van der Waals surface area contributed by atoms with Gasteiger partial charge in [0, 0.05) is 6.04 Å². The molecule has 2 aliphatic carbocycles. The van der Waals surface area contributed by atoms with E-state index in [9.17, 15) is 4.79 Å². The number of hydrogen-bond acceptors (Lipinski definition) is 3. The van der Waals surface area contributed by atoms with Crippen molar-refractivity contribution in [3.05, 3.63) is 0 Å². The summed E-state index contributed by atoms with van der Waals surface area (Å²) in [6.07, 6.45) is 4.48. The van der Waals surface area contributed by atoms with Crippen LogP contribution in [0.5, 0.6) is 0 Å². The monoisotopic (exact) mass is 281 g/mol. The third kappa shape index (κ3) is 2.91. The van der Waals surface area contributed by atoms with Crippen molar-refractivity contribution in [2.45, 2.75) is 65.8 Å². The molecule has 4 N–H and O–H groups in total. The Hall–Kier alpha value is -1.26. The number of carbonyl (C=O) groups is 1. The first-order valence-electron chi connectivity index (χ1n) is 7.39. The van der Waals surface area contributed by atoms with Crippen molar-refractivity contribution in [2.24, 2.45) is 27.1 Å². The van der Waals surface area contributed by atoms with Crippen molar-refractivity contribution in [1.29, 1.82) is 0 Å². The van der Waals surface area contributed by atoms with Crippen molar-refractivity contribution in [1.82, 2.24) is 5.32 Å². The molecule has 0 aromatic rings. The molecule has 0 bridgehead atoms. The first-order chi connectivity index (χ1) is 9.10. The van der Waals surface area contributed by atoms with Crippen molar-refractivity contribution in [3.63, 3.8) is 0 Å². The molecule has 0 saturated heterocycles. The zero-order chi connectivity index (χ0) is 15.2. The molecule has 20 heavy (non-hydrogen) atoms. The standard InChI is InChI=1S/C15H27N3O2/c1-13(2)7-10(8-14(3,4)9-13)17-12(19)15(5-6-15)11(16)18-20/h10,20H,5-9H2,1-4H3,(H2,16,18)(H,17,19). The van der Waals surface area contributed by atoms with Gasteiger partial charge in [0.15, 0.2) is 5.84 Å². The number of hydrogen-bond donors (Lipinski definition) is 3. The molecular formula is C15H27N3O2. The lowest BCUT2D eigenvalue weighted by Crippen LogP contribution is -2.50. The maximum atomic E-state index is 12.4. The molecule has 0 aliphatic heterocycles. The quantitative estimate of drug-likeness (QED) is 0.321. The predicted octanol–water partition coefficient (Wildman–Crippen LogP) is 2.23. The molecule has 0 unspecified atom stereocenters. The highest BCUT2D eigenvalue weighted by molar-refractivity contribution is 6.09. The van der Waals surface area contributed by atoms with E-state index in [2.05, 4.69) is 38.2 Å². The van der Waals surface area contributed by atoms with Crippen LogP contribution in [0.2, 0.25) is 0 Å². The lowest BCUT2D eigenvalue weighted by molar-refractivity contribution is -0.125. The zero-order valence-electron chi connectivity index (χ0n) is 13.0. The predicted molar refractivity (Wildman–Crippen MR) is 78.4 cm³/mol. The summed E-state index contributed by atoms with van der Waals surface area (Å²) in [5.74, 6) is -0.0318. The van der Waals surface area contributed by atoms with Gasteiger partial charge in [0.25, 0.3) is 0 Å². The van der Waals surface area contributed by atoms with Crippen LogP contribution in [0.15, 0.2) is 5.16 Å². The first-order valence-corrected chi connectivity index (χ1v) is 7.39. The Morgan fingerprint density at radius 3 is 2.10 bits per heavy atom. The van der Waals surface area contributed by atoms with Crippen LogP contribution in [-0.2, 0) is 4.79 Å². The Kier molecular flexibility index (Phi) is 3.51. The second-order valence-electron chi connectivity index (χ2n) is 8.15. The van der Waals surface area contributed by atoms with Crippen molar-refractivity contribution < 1.29 is 10.0 Å². The third-order valence-corrected chi connectivity index (χ3v) is 4.67. The minimum absolute atomic E-state index is 0.0457. The zero-order valence-corrected chi connectivity index (χ0v) is 13.0. The topological polar surface area (TPSA) is 87.7 Å². The number of nitrogens with one attached hydrogen (secondary N) is 1. The molecule has 2 aliphatic rings. The highest BCUT2D eigenvalue weighted by Crippen LogP contribution is 2.48. The van der Waals surface area contributed by atoms with Gasteiger partial charge in [0.2, 0.25) is 5.91 Å². The van der Waals surface area contributed by atoms with E-state index in [0.29, 0.717) is 12.8 Å². The molecule has 5 heteroatoms. The van der Waals surface area contributed by atoms with Crippen LogP contribution in [-0.4, -0.2) is 23.0 Å². The number of amidine groups is 1. The molecule has 0 radical (unpaired) electrons. The van der Waals surface area contributed by atoms with Crippen LogP contribution >= 0.6 is 0 Å². The molecule has 0 spiro atoms. The molecule has 0 aromatic heterocycles. The fourth-order valence-electron chi connectivity index (χ4n) is 4.09. The van der Waals surface area contributed by atoms with Crippen molar-refractivity contribution in [3.8, 4) is 0 Å². The Bertz CT molecular complexity index is 420. The van der Waals surface area contributed by atoms with Gasteiger partial charge in [-0.3, -0.25) is 4.79 Å². The minimum Gasteiger partial charge on any atom is -0.409 e. The van der Waals surface area contributed by atoms with Crippen molar-refractivity contribution in [2.75, 3.05) is 0 Å². The second kappa shape index (κ2) is 4.64. The summed E-state index contributed by atoms with van der Waals surface area (Å²) in [4.78, 5) is 12.4. The Labute approximate surface area is 121 Å². The Morgan fingerprint density at radius 1 is 1.20 bits per heavy atom. The van der Waals surface area contributed by atoms with Gasteiger partial charge in [-0.1, -0.05) is 32.9 Å². The van der Waals surface area contributed by atoms with Gasteiger partial charge in [0.05, 0.1) is 0 Å². The third-order valence-electron chi connectivity index (χ3n) is 4.67. The van der Waals surface area contributed by atoms with Gasteiger partial charge < -0.3 is 16.3 Å². The summed E-state index contributed by atoms with van der Waals surface area (Å²) in [6, 6.07) is 0.171. The Balaban J connectivity index is 2.05. The molecule has 2 saturated carbocycles. The molecule has 0 heterocycles. The average molecular weight is 281 g/mol. The van der Waals surface area contributed by atoms with Gasteiger partial charge in [-0.2, -0.15) is 0 Å². The summed E-state index contributed by atoms with van der Waals surface area (Å²) in [5, 5.41) is 15.0. The van der Waals surface area contributed by atoms with Crippen molar-refractivity contribution >= 4 is 11.7 Å². The smallest absolute Gasteiger partial charge is 0.234 e. The van der Waals surface area contributed by atoms with Crippen LogP contribution in [0.25, 0.3) is 0 Å². The number of nitrogens with zero attached hydrogens (tertiary/aromatic N) is 1. The highest BCUT2D eigenvalue weighted by atomic mass is 16.4. The van der Waals surface area contributed by atoms with Gasteiger partial charge in [-0.15, -0.1) is 0 Å². The summed E-state index contributed by atoms with van der Waals surface area (Å²) >= 11 is 0. The second-order valence-corrected chi connectivity index (χ2v) is 8.15. The van der Waals surface area contributed by atoms with Gasteiger partial charge in [-0.25, -0.2) is 0 Å². The number of carbonyl (C=O) groups excluding carboxylic acids is 1. The van der Waals surface area contributed by atoms with E-state index in [1.165, 1.54) is 0 Å². The fraction of sp³-hybridized carbons (Fsp3) is 0.867. The molecule has 0 aromatic carbocycles. The Morgan fingerprint density at radius 2 is 1.70 bits per heavy atom. The molecule has 2 rings (SSSR count). The maximum Gasteiger partial charge on any atom is 0.234 e. The molecule has 114 valence electrons. The SMILES string of the molecule is CC1(C)CC(NC(=O)C2(C(N)=NO)CC2)CC(C)(C)C1. The maximum absolute atomic E-state index is 12.4. The highest BCUT2D eigenvalue weighted by Gasteiger charge is 2.55. The largest absolute Gasteiger partial charge is 0.409 e. The van der Waals surface area contributed by atoms with Crippen LogP contribution in [0, 0.1) is 16.2 Å². The summed E-state index contributed by atoms with van der Waals surface area (Å²) in [6.45, 7) is 9.01. The van der Waals surface area contributed by atoms with Crippen LogP contribution in [0.3, 0.4) is 0 Å². The molecule has 0 atom stereocenters. The molecule has 5 nitrogen and oxygen atoms in total. The molecular weight excluding hydrogens is 254 g/mol. The molecule has 1 amide bonds. The van der Waals surface area contributed by atoms with E-state index in [4.69, 9.17) is 10.9 Å². The number of oxime groups is 1. The summed E-state index contributed by atoms with van der Waals surface area (Å²) in [5.41, 5.74) is 5.37. The molecule has 2 fully saturated rings. The van der Waals surface area contributed by atoms with E-state index in [-0.39, 0.29) is 28.6 Å². The number of nitrogens with two attached hydrogens (primary N) is 1. The van der Waals surface area contributed by atoms with E-state index in [1.54, 1.807) is 0 Å². The van der Waals surface area contributed by atoms with Gasteiger partial charge in [0.1, 0.15) is 5.41 Å². The van der Waals surface area contributed by atoms with Crippen LogP contribution in [0.4, 0.5) is 0 Å². The van der Waals surface area contributed by atoms with Gasteiger partial charge >= 0.3 is 0 Å². The van der Waals surface area contributed by atoms with E-state index in [0.717, 1.165) is 19.3 Å². The van der Waals surface area contributed by atoms with E-state index >= 15 is 0 Å². The first kappa shape index (κ1) is 15.1. The number of amides is 1. The average Bonchev–Trinajstić information content (AvgIpc) is 3.04. The van der Waals surface area contributed by atoms with Crippen LogP contribution < -0.4 is 11.1 Å². The minimum atomic E-state index is -0.750. The van der Waals surface area contributed by atoms with E-state index < -0.39 is 5.41 Å². The summed E-state index contributed by atoms with van der Waals surface area (Å²) in [7, 11) is 0. The normalized spacial score (nSPS) is 27.9.